The zero-order valence-electron chi connectivity index (χ0n) is 14.9. The topological polar surface area (TPSA) is 38.3 Å². The maximum absolute atomic E-state index is 12.3. The Morgan fingerprint density at radius 1 is 1.00 bits per heavy atom. The average molecular weight is 333 g/mol. The lowest BCUT2D eigenvalue weighted by atomic mass is 10.0. The molecule has 1 N–H and O–H groups in total. The maximum Gasteiger partial charge on any atom is 0.258 e. The molecular weight excluding hydrogens is 310 g/mol. The number of carbonyl (C=O) groups excluding carboxylic acids is 1. The van der Waals surface area contributed by atoms with Crippen molar-refractivity contribution in [3.63, 3.8) is 0 Å². The van der Waals surface area contributed by atoms with E-state index in [9.17, 15) is 4.79 Å². The first kappa shape index (κ1) is 17.0. The highest BCUT2D eigenvalue weighted by atomic mass is 16.5. The molecular formula is C22H23NO2. The highest BCUT2D eigenvalue weighted by molar-refractivity contribution is 5.88. The van der Waals surface area contributed by atoms with Gasteiger partial charge >= 0.3 is 0 Å². The van der Waals surface area contributed by atoms with Gasteiger partial charge in [0.05, 0.1) is 6.04 Å². The van der Waals surface area contributed by atoms with Gasteiger partial charge < -0.3 is 10.1 Å². The van der Waals surface area contributed by atoms with Gasteiger partial charge in [-0.1, -0.05) is 54.6 Å². The molecule has 0 fully saturated rings. The summed E-state index contributed by atoms with van der Waals surface area (Å²) in [5, 5.41) is 5.11. The van der Waals surface area contributed by atoms with Gasteiger partial charge in [0.1, 0.15) is 5.75 Å². The van der Waals surface area contributed by atoms with E-state index in [-0.39, 0.29) is 18.6 Å². The second-order valence-corrected chi connectivity index (χ2v) is 6.40. The lowest BCUT2D eigenvalue weighted by molar-refractivity contribution is -0.123. The van der Waals surface area contributed by atoms with E-state index in [4.69, 9.17) is 4.74 Å². The number of amides is 1. The van der Waals surface area contributed by atoms with Crippen LogP contribution in [0.4, 0.5) is 0 Å². The van der Waals surface area contributed by atoms with Crippen molar-refractivity contribution in [2.75, 3.05) is 6.61 Å². The van der Waals surface area contributed by atoms with E-state index in [1.807, 2.05) is 49.4 Å². The fourth-order valence-electron chi connectivity index (χ4n) is 2.87. The third kappa shape index (κ3) is 4.00. The summed E-state index contributed by atoms with van der Waals surface area (Å²) in [4.78, 5) is 12.3. The summed E-state index contributed by atoms with van der Waals surface area (Å²) in [7, 11) is 0. The predicted octanol–water partition coefficient (Wildman–Crippen LogP) is 4.71. The van der Waals surface area contributed by atoms with Crippen molar-refractivity contribution in [1.29, 1.82) is 0 Å². The lowest BCUT2D eigenvalue weighted by Crippen LogP contribution is -2.31. The van der Waals surface area contributed by atoms with Gasteiger partial charge in [0.15, 0.2) is 6.61 Å². The molecule has 0 aliphatic heterocycles. The van der Waals surface area contributed by atoms with Crippen molar-refractivity contribution >= 4 is 16.7 Å². The van der Waals surface area contributed by atoms with Crippen LogP contribution in [-0.4, -0.2) is 12.5 Å². The van der Waals surface area contributed by atoms with Crippen molar-refractivity contribution in [2.24, 2.45) is 0 Å². The van der Waals surface area contributed by atoms with E-state index in [0.717, 1.165) is 22.1 Å². The minimum Gasteiger partial charge on any atom is -0.483 e. The van der Waals surface area contributed by atoms with Crippen LogP contribution in [0.1, 0.15) is 29.7 Å². The van der Waals surface area contributed by atoms with Gasteiger partial charge in [-0.3, -0.25) is 4.79 Å². The van der Waals surface area contributed by atoms with Crippen LogP contribution in [0.5, 0.6) is 5.75 Å². The number of nitrogens with one attached hydrogen (secondary N) is 1. The van der Waals surface area contributed by atoms with Gasteiger partial charge in [0.2, 0.25) is 0 Å². The Balaban J connectivity index is 1.63. The molecule has 3 aromatic rings. The first-order chi connectivity index (χ1) is 12.0. The second kappa shape index (κ2) is 7.39. The van der Waals surface area contributed by atoms with Crippen LogP contribution >= 0.6 is 0 Å². The van der Waals surface area contributed by atoms with E-state index >= 15 is 0 Å². The molecule has 0 radical (unpaired) electrons. The van der Waals surface area contributed by atoms with E-state index in [0.29, 0.717) is 0 Å². The number of hydrogen-bond acceptors (Lipinski definition) is 2. The standard InChI is InChI=1S/C22H23NO2/c1-15-11-12-19(13-16(15)2)17(3)23-22(24)14-25-21-10-6-8-18-7-4-5-9-20(18)21/h4-13,17H,14H2,1-3H3,(H,23,24)/t17-/m0/s1. The van der Waals surface area contributed by atoms with Crippen molar-refractivity contribution in [1.82, 2.24) is 5.32 Å². The van der Waals surface area contributed by atoms with Crippen LogP contribution < -0.4 is 10.1 Å². The molecule has 25 heavy (non-hydrogen) atoms. The Hall–Kier alpha value is -2.81. The summed E-state index contributed by atoms with van der Waals surface area (Å²) in [6, 6.07) is 20.1. The van der Waals surface area contributed by atoms with Crippen LogP contribution in [0.25, 0.3) is 10.8 Å². The molecule has 3 heteroatoms. The van der Waals surface area contributed by atoms with Gasteiger partial charge in [-0.2, -0.15) is 0 Å². The first-order valence-electron chi connectivity index (χ1n) is 8.51. The molecule has 1 amide bonds. The highest BCUT2D eigenvalue weighted by Crippen LogP contribution is 2.25. The number of ether oxygens (including phenoxy) is 1. The summed E-state index contributed by atoms with van der Waals surface area (Å²) in [5.41, 5.74) is 3.58. The molecule has 128 valence electrons. The summed E-state index contributed by atoms with van der Waals surface area (Å²) in [6.45, 7) is 6.15. The molecule has 0 heterocycles. The third-order valence-electron chi connectivity index (χ3n) is 4.52. The number of benzene rings is 3. The van der Waals surface area contributed by atoms with Crippen LogP contribution in [0.2, 0.25) is 0 Å². The second-order valence-electron chi connectivity index (χ2n) is 6.40. The molecule has 0 spiro atoms. The molecule has 0 bridgehead atoms. The normalized spacial score (nSPS) is 12.0. The summed E-state index contributed by atoms with van der Waals surface area (Å²) in [6.07, 6.45) is 0. The zero-order chi connectivity index (χ0) is 17.8. The predicted molar refractivity (Wildman–Crippen MR) is 102 cm³/mol. The van der Waals surface area contributed by atoms with Gasteiger partial charge in [0.25, 0.3) is 5.91 Å². The Kier molecular flexibility index (Phi) is 5.03. The Morgan fingerprint density at radius 3 is 2.56 bits per heavy atom. The zero-order valence-corrected chi connectivity index (χ0v) is 14.9. The Morgan fingerprint density at radius 2 is 1.76 bits per heavy atom. The molecule has 0 saturated carbocycles. The number of aryl methyl sites for hydroxylation is 2. The van der Waals surface area contributed by atoms with Gasteiger partial charge in [-0.15, -0.1) is 0 Å². The van der Waals surface area contributed by atoms with Gasteiger partial charge in [-0.25, -0.2) is 0 Å². The average Bonchev–Trinajstić information content (AvgIpc) is 2.62. The monoisotopic (exact) mass is 333 g/mol. The Labute approximate surface area is 148 Å². The SMILES string of the molecule is Cc1ccc([C@H](C)NC(=O)COc2cccc3ccccc23)cc1C. The number of hydrogen-bond donors (Lipinski definition) is 1. The third-order valence-corrected chi connectivity index (χ3v) is 4.52. The molecule has 0 unspecified atom stereocenters. The van der Waals surface area contributed by atoms with Crippen LogP contribution in [-0.2, 0) is 4.79 Å². The summed E-state index contributed by atoms with van der Waals surface area (Å²) in [5.74, 6) is 0.603. The maximum atomic E-state index is 12.3. The molecule has 0 saturated heterocycles. The smallest absolute Gasteiger partial charge is 0.258 e. The quantitative estimate of drug-likeness (QED) is 0.734. The largest absolute Gasteiger partial charge is 0.483 e. The van der Waals surface area contributed by atoms with Crippen LogP contribution in [0, 0.1) is 13.8 Å². The fourth-order valence-corrected chi connectivity index (χ4v) is 2.87. The number of rotatable bonds is 5. The lowest BCUT2D eigenvalue weighted by Gasteiger charge is -2.16. The molecule has 0 aliphatic rings. The molecule has 0 aromatic heterocycles. The van der Waals surface area contributed by atoms with E-state index in [1.165, 1.54) is 11.1 Å². The Bertz CT molecular complexity index is 896. The highest BCUT2D eigenvalue weighted by Gasteiger charge is 2.11. The molecule has 3 rings (SSSR count). The minimum atomic E-state index is -0.126. The van der Waals surface area contributed by atoms with E-state index < -0.39 is 0 Å². The molecule has 3 nitrogen and oxygen atoms in total. The molecule has 0 aliphatic carbocycles. The van der Waals surface area contributed by atoms with Crippen molar-refractivity contribution in [3.05, 3.63) is 77.4 Å². The van der Waals surface area contributed by atoms with Crippen LogP contribution in [0.3, 0.4) is 0 Å². The minimum absolute atomic E-state index is 0.00317. The summed E-state index contributed by atoms with van der Waals surface area (Å²) >= 11 is 0. The summed E-state index contributed by atoms with van der Waals surface area (Å²) < 4.78 is 5.75. The number of carbonyl (C=O) groups is 1. The van der Waals surface area contributed by atoms with Crippen molar-refractivity contribution < 1.29 is 9.53 Å². The molecule has 1 atom stereocenters. The van der Waals surface area contributed by atoms with Crippen molar-refractivity contribution in [2.45, 2.75) is 26.8 Å². The van der Waals surface area contributed by atoms with Gasteiger partial charge in [-0.05, 0) is 48.9 Å². The number of fused-ring (bicyclic) bond motifs is 1. The van der Waals surface area contributed by atoms with E-state index in [2.05, 4.69) is 37.4 Å². The fraction of sp³-hybridized carbons (Fsp3) is 0.227. The van der Waals surface area contributed by atoms with Crippen LogP contribution in [0.15, 0.2) is 60.7 Å². The van der Waals surface area contributed by atoms with Gasteiger partial charge in [0, 0.05) is 5.39 Å². The van der Waals surface area contributed by atoms with Crippen molar-refractivity contribution in [3.8, 4) is 5.75 Å². The first-order valence-corrected chi connectivity index (χ1v) is 8.51. The van der Waals surface area contributed by atoms with E-state index in [1.54, 1.807) is 0 Å². The molecule has 3 aromatic carbocycles.